The van der Waals surface area contributed by atoms with Gasteiger partial charge in [-0.1, -0.05) is 31.2 Å². The van der Waals surface area contributed by atoms with Crippen molar-refractivity contribution in [2.24, 2.45) is 5.92 Å². The first-order valence-electron chi connectivity index (χ1n) is 9.53. The van der Waals surface area contributed by atoms with Gasteiger partial charge in [0.1, 0.15) is 0 Å². The lowest BCUT2D eigenvalue weighted by Gasteiger charge is -2.30. The first-order chi connectivity index (χ1) is 13.0. The summed E-state index contributed by atoms with van der Waals surface area (Å²) in [4.78, 5) is 15.5. The van der Waals surface area contributed by atoms with Gasteiger partial charge in [0.25, 0.3) is 5.91 Å². The molecule has 0 saturated carbocycles. The van der Waals surface area contributed by atoms with E-state index in [0.717, 1.165) is 22.9 Å². The van der Waals surface area contributed by atoms with Gasteiger partial charge in [0.05, 0.1) is 0 Å². The molecule has 1 atom stereocenters. The molecule has 1 aliphatic rings. The molecule has 0 spiro atoms. The fourth-order valence-corrected chi connectivity index (χ4v) is 3.84. The molecule has 1 heterocycles. The summed E-state index contributed by atoms with van der Waals surface area (Å²) in [6, 6.07) is 15.4. The molecular weight excluding hydrogens is 356 g/mol. The van der Waals surface area contributed by atoms with Crippen LogP contribution < -0.4 is 5.32 Å². The number of hydrogen-bond acceptors (Lipinski definition) is 3. The van der Waals surface area contributed by atoms with E-state index in [4.69, 9.17) is 0 Å². The van der Waals surface area contributed by atoms with E-state index in [1.807, 2.05) is 0 Å². The van der Waals surface area contributed by atoms with Crippen molar-refractivity contribution in [3.05, 3.63) is 65.2 Å². The summed E-state index contributed by atoms with van der Waals surface area (Å²) >= 11 is 0. The van der Waals surface area contributed by atoms with Crippen molar-refractivity contribution < 1.29 is 9.00 Å². The fourth-order valence-electron chi connectivity index (χ4n) is 3.32. The van der Waals surface area contributed by atoms with E-state index in [0.29, 0.717) is 12.1 Å². The zero-order chi connectivity index (χ0) is 19.2. The summed E-state index contributed by atoms with van der Waals surface area (Å²) in [5.41, 5.74) is 2.99. The second kappa shape index (κ2) is 9.29. The second-order valence-electron chi connectivity index (χ2n) is 7.44. The average Bonchev–Trinajstić information content (AvgIpc) is 2.69. The number of hydrogen-bond donors (Lipinski definition) is 1. The molecule has 5 heteroatoms. The van der Waals surface area contributed by atoms with E-state index in [1.54, 1.807) is 30.5 Å². The van der Waals surface area contributed by atoms with Gasteiger partial charge in [-0.2, -0.15) is 0 Å². The highest BCUT2D eigenvalue weighted by Gasteiger charge is 2.15. The van der Waals surface area contributed by atoms with Crippen LogP contribution in [-0.4, -0.2) is 34.4 Å². The first kappa shape index (κ1) is 19.8. The predicted molar refractivity (Wildman–Crippen MR) is 110 cm³/mol. The molecular formula is C22H28N2O2S. The minimum absolute atomic E-state index is 0.116. The Kier molecular flexibility index (Phi) is 6.80. The van der Waals surface area contributed by atoms with Crippen LogP contribution in [0.1, 0.15) is 41.3 Å². The molecule has 1 amide bonds. The van der Waals surface area contributed by atoms with Gasteiger partial charge in [-0.15, -0.1) is 0 Å². The third-order valence-electron chi connectivity index (χ3n) is 5.21. The van der Waals surface area contributed by atoms with Gasteiger partial charge in [-0.3, -0.25) is 13.9 Å². The summed E-state index contributed by atoms with van der Waals surface area (Å²) in [5, 5.41) is 2.94. The molecule has 27 heavy (non-hydrogen) atoms. The Labute approximate surface area is 164 Å². The number of carbonyl (C=O) groups excluding carboxylic acids is 1. The number of benzene rings is 2. The minimum atomic E-state index is -1.03. The third-order valence-corrected chi connectivity index (χ3v) is 6.14. The highest BCUT2D eigenvalue weighted by molar-refractivity contribution is 7.84. The smallest absolute Gasteiger partial charge is 0.251 e. The van der Waals surface area contributed by atoms with Crippen molar-refractivity contribution in [1.82, 2.24) is 10.2 Å². The van der Waals surface area contributed by atoms with Crippen LogP contribution in [0.25, 0.3) is 0 Å². The lowest BCUT2D eigenvalue weighted by atomic mass is 9.99. The zero-order valence-electron chi connectivity index (χ0n) is 16.1. The molecule has 0 radical (unpaired) electrons. The number of nitrogens with zero attached hydrogens (tertiary/aromatic N) is 1. The predicted octanol–water partition coefficient (Wildman–Crippen LogP) is 3.59. The van der Waals surface area contributed by atoms with Crippen LogP contribution in [0, 0.1) is 5.92 Å². The fraction of sp³-hybridized carbons (Fsp3) is 0.409. The quantitative estimate of drug-likeness (QED) is 0.828. The molecule has 0 aliphatic carbocycles. The Hall–Kier alpha value is -1.98. The molecule has 4 nitrogen and oxygen atoms in total. The maximum atomic E-state index is 12.3. The molecule has 0 bridgehead atoms. The van der Waals surface area contributed by atoms with Crippen molar-refractivity contribution >= 4 is 16.7 Å². The van der Waals surface area contributed by atoms with Gasteiger partial charge < -0.3 is 5.32 Å². The largest absolute Gasteiger partial charge is 0.348 e. The summed E-state index contributed by atoms with van der Waals surface area (Å²) in [5.74, 6) is 0.738. The third kappa shape index (κ3) is 5.75. The van der Waals surface area contributed by atoms with Crippen molar-refractivity contribution in [2.75, 3.05) is 19.3 Å². The molecule has 2 aromatic carbocycles. The van der Waals surface area contributed by atoms with E-state index in [1.165, 1.54) is 31.5 Å². The molecule has 144 valence electrons. The normalized spacial score (nSPS) is 16.8. The summed E-state index contributed by atoms with van der Waals surface area (Å²) in [6.07, 6.45) is 4.21. The second-order valence-corrected chi connectivity index (χ2v) is 8.82. The molecule has 2 aromatic rings. The molecule has 1 unspecified atom stereocenters. The monoisotopic (exact) mass is 384 g/mol. The van der Waals surface area contributed by atoms with Crippen LogP contribution >= 0.6 is 0 Å². The van der Waals surface area contributed by atoms with Crippen molar-refractivity contribution in [1.29, 1.82) is 0 Å². The summed E-state index contributed by atoms with van der Waals surface area (Å²) < 4.78 is 11.4. The zero-order valence-corrected chi connectivity index (χ0v) is 16.9. The highest BCUT2D eigenvalue weighted by Crippen LogP contribution is 2.18. The van der Waals surface area contributed by atoms with E-state index in [9.17, 15) is 9.00 Å². The van der Waals surface area contributed by atoms with Gasteiger partial charge in [0.2, 0.25) is 0 Å². The number of carbonyl (C=O) groups is 1. The van der Waals surface area contributed by atoms with Crippen LogP contribution in [-0.2, 0) is 23.9 Å². The van der Waals surface area contributed by atoms with Gasteiger partial charge in [-0.05, 0) is 67.2 Å². The molecule has 1 aliphatic heterocycles. The van der Waals surface area contributed by atoms with E-state index >= 15 is 0 Å². The van der Waals surface area contributed by atoms with Gasteiger partial charge in [0, 0.05) is 40.6 Å². The maximum absolute atomic E-state index is 12.3. The first-order valence-corrected chi connectivity index (χ1v) is 11.1. The number of nitrogens with one attached hydrogen (secondary N) is 1. The lowest BCUT2D eigenvalue weighted by Crippen LogP contribution is -2.32. The van der Waals surface area contributed by atoms with Gasteiger partial charge >= 0.3 is 0 Å². The van der Waals surface area contributed by atoms with Crippen LogP contribution in [0.5, 0.6) is 0 Å². The Balaban J connectivity index is 1.49. The van der Waals surface area contributed by atoms with Crippen LogP contribution in [0.4, 0.5) is 0 Å². The van der Waals surface area contributed by atoms with Crippen molar-refractivity contribution in [3.63, 3.8) is 0 Å². The number of likely N-dealkylation sites (tertiary alicyclic amines) is 1. The highest BCUT2D eigenvalue weighted by atomic mass is 32.2. The molecule has 1 fully saturated rings. The topological polar surface area (TPSA) is 49.4 Å². The number of rotatable bonds is 6. The molecule has 1 N–H and O–H groups in total. The standard InChI is InChI=1S/C22H28N2O2S/c1-17-11-13-24(14-12-17)16-19-5-3-18(4-6-19)15-23-22(25)20-7-9-21(10-8-20)27(2)26/h3-10,17H,11-16H2,1-2H3,(H,23,25). The van der Waals surface area contributed by atoms with Crippen molar-refractivity contribution in [3.8, 4) is 0 Å². The Morgan fingerprint density at radius 1 is 1.04 bits per heavy atom. The number of amides is 1. The Morgan fingerprint density at radius 3 is 2.22 bits per heavy atom. The van der Waals surface area contributed by atoms with E-state index in [2.05, 4.69) is 41.4 Å². The molecule has 3 rings (SSSR count). The van der Waals surface area contributed by atoms with Crippen LogP contribution in [0.15, 0.2) is 53.4 Å². The van der Waals surface area contributed by atoms with E-state index in [-0.39, 0.29) is 5.91 Å². The van der Waals surface area contributed by atoms with Crippen LogP contribution in [0.3, 0.4) is 0 Å². The average molecular weight is 385 g/mol. The van der Waals surface area contributed by atoms with Crippen LogP contribution in [0.2, 0.25) is 0 Å². The number of piperidine rings is 1. The minimum Gasteiger partial charge on any atom is -0.348 e. The lowest BCUT2D eigenvalue weighted by molar-refractivity contribution is 0.0951. The van der Waals surface area contributed by atoms with Crippen molar-refractivity contribution in [2.45, 2.75) is 37.8 Å². The summed E-state index contributed by atoms with van der Waals surface area (Å²) in [6.45, 7) is 6.21. The summed E-state index contributed by atoms with van der Waals surface area (Å²) in [7, 11) is -1.03. The van der Waals surface area contributed by atoms with Gasteiger partial charge in [0.15, 0.2) is 0 Å². The Morgan fingerprint density at radius 2 is 1.63 bits per heavy atom. The maximum Gasteiger partial charge on any atom is 0.251 e. The molecule has 0 aromatic heterocycles. The SMILES string of the molecule is CC1CCN(Cc2ccc(CNC(=O)c3ccc(S(C)=O)cc3)cc2)CC1. The molecule has 1 saturated heterocycles. The Bertz CT molecular complexity index is 779. The van der Waals surface area contributed by atoms with E-state index < -0.39 is 10.8 Å². The van der Waals surface area contributed by atoms with Gasteiger partial charge in [-0.25, -0.2) is 0 Å².